The van der Waals surface area contributed by atoms with E-state index in [0.717, 1.165) is 0 Å². The molecule has 6 heteroatoms. The van der Waals surface area contributed by atoms with Gasteiger partial charge in [-0.15, -0.1) is 17.0 Å². The van der Waals surface area contributed by atoms with E-state index in [4.69, 9.17) is 0 Å². The molecule has 4 nitrogen and oxygen atoms in total. The summed E-state index contributed by atoms with van der Waals surface area (Å²) >= 11 is 0. The van der Waals surface area contributed by atoms with E-state index in [1.165, 1.54) is 0 Å². The maximum Gasteiger partial charge on any atom is 0 e. The summed E-state index contributed by atoms with van der Waals surface area (Å²) in [4.78, 5) is 0. The summed E-state index contributed by atoms with van der Waals surface area (Å²) in [6.07, 6.45) is 0. The first-order valence-corrected chi connectivity index (χ1v) is 0. The van der Waals surface area contributed by atoms with Gasteiger partial charge in [0.25, 0.3) is 0 Å². The average molecular weight is 255 g/mol. The smallest absolute Gasteiger partial charge is 0 e. The largest absolute Gasteiger partial charge is 0.344 e. The van der Waals surface area contributed by atoms with E-state index in [-0.39, 0.29) is 62.0 Å². The molecule has 0 saturated carbocycles. The zero-order valence-corrected chi connectivity index (χ0v) is 6.82. The van der Waals surface area contributed by atoms with Crippen molar-refractivity contribution in [2.24, 2.45) is 0 Å². The van der Waals surface area contributed by atoms with Gasteiger partial charge >= 0.3 is 0 Å². The Kier molecular flexibility index (Phi) is 6640. The first-order chi connectivity index (χ1) is 0. The SMILES string of the molecule is Br.N.N.N.N.[Pd]. The summed E-state index contributed by atoms with van der Waals surface area (Å²) in [5.41, 5.74) is 0. The normalized spacial score (nSPS) is 0. The van der Waals surface area contributed by atoms with Crippen LogP contribution in [0, 0.1) is 0 Å². The van der Waals surface area contributed by atoms with Gasteiger partial charge in [0.15, 0.2) is 0 Å². The molecule has 0 spiro atoms. The third-order valence-corrected chi connectivity index (χ3v) is 0. The van der Waals surface area contributed by atoms with Gasteiger partial charge in [-0.25, -0.2) is 0 Å². The summed E-state index contributed by atoms with van der Waals surface area (Å²) in [6.45, 7) is 0. The Balaban J connectivity index is 0. The molecule has 0 aromatic rings. The third-order valence-electron chi connectivity index (χ3n) is 0. The van der Waals surface area contributed by atoms with Crippen LogP contribution in [0.2, 0.25) is 0 Å². The average Bonchev–Trinajstić information content (AvgIpc) is 0. The van der Waals surface area contributed by atoms with Crippen LogP contribution < -0.4 is 24.6 Å². The van der Waals surface area contributed by atoms with Crippen molar-refractivity contribution in [2.75, 3.05) is 0 Å². The van der Waals surface area contributed by atoms with Gasteiger partial charge in [-0.3, -0.25) is 0 Å². The molecule has 0 amide bonds. The minimum atomic E-state index is 0. The molecule has 0 rings (SSSR count). The Bertz CT molecular complexity index is 7.51. The second kappa shape index (κ2) is 154. The van der Waals surface area contributed by atoms with Crippen LogP contribution in [0.3, 0.4) is 0 Å². The fourth-order valence-corrected chi connectivity index (χ4v) is 0. The molecule has 50 valence electrons. The molecule has 0 aromatic carbocycles. The Morgan fingerprint density at radius 2 is 0.500 bits per heavy atom. The van der Waals surface area contributed by atoms with Gasteiger partial charge in [0, 0.05) is 20.4 Å². The minimum absolute atomic E-state index is 0. The molecule has 0 radical (unpaired) electrons. The van der Waals surface area contributed by atoms with E-state index in [2.05, 4.69) is 0 Å². The van der Waals surface area contributed by atoms with Crippen molar-refractivity contribution in [3.63, 3.8) is 0 Å². The van der Waals surface area contributed by atoms with Crippen molar-refractivity contribution in [2.45, 2.75) is 0 Å². The van der Waals surface area contributed by atoms with Crippen LogP contribution >= 0.6 is 17.0 Å². The number of hydrogen-bond acceptors (Lipinski definition) is 4. The summed E-state index contributed by atoms with van der Waals surface area (Å²) in [5.74, 6) is 0. The van der Waals surface area contributed by atoms with Crippen LogP contribution in [0.15, 0.2) is 0 Å². The van der Waals surface area contributed by atoms with Gasteiger partial charge in [-0.05, 0) is 0 Å². The molecule has 0 atom stereocenters. The zero-order chi connectivity index (χ0) is 0. The fraction of sp³-hybridized carbons (Fsp3) is 0. The first kappa shape index (κ1) is 259. The zero-order valence-electron chi connectivity index (χ0n) is 3.55. The second-order valence-corrected chi connectivity index (χ2v) is 0. The predicted octanol–water partition coefficient (Wildman–Crippen LogP) is 1.22. The molecular weight excluding hydrogens is 242 g/mol. The molecule has 0 unspecified atom stereocenters. The molecule has 6 heavy (non-hydrogen) atoms. The van der Waals surface area contributed by atoms with E-state index in [1.807, 2.05) is 0 Å². The standard InChI is InChI=1S/BrH.4H3N.Pd/h1H;4*1H3;. The Morgan fingerprint density at radius 3 is 0.500 bits per heavy atom. The van der Waals surface area contributed by atoms with Crippen molar-refractivity contribution in [3.05, 3.63) is 0 Å². The van der Waals surface area contributed by atoms with Gasteiger partial charge in [0.2, 0.25) is 0 Å². The van der Waals surface area contributed by atoms with Crippen LogP contribution in [-0.4, -0.2) is 0 Å². The summed E-state index contributed by atoms with van der Waals surface area (Å²) < 4.78 is 0. The molecular formula is H13BrN4Pd. The monoisotopic (exact) mass is 254 g/mol. The van der Waals surface area contributed by atoms with Crippen LogP contribution in [0.1, 0.15) is 0 Å². The van der Waals surface area contributed by atoms with E-state index in [1.54, 1.807) is 0 Å². The number of halogens is 1. The van der Waals surface area contributed by atoms with Gasteiger partial charge in [0.1, 0.15) is 0 Å². The first-order valence-electron chi connectivity index (χ1n) is 0. The van der Waals surface area contributed by atoms with Crippen LogP contribution in [0.4, 0.5) is 0 Å². The van der Waals surface area contributed by atoms with E-state index >= 15 is 0 Å². The quantitative estimate of drug-likeness (QED) is 0.483. The maximum atomic E-state index is 0. The molecule has 0 heterocycles. The molecule has 0 aliphatic carbocycles. The number of rotatable bonds is 0. The molecule has 0 aliphatic heterocycles. The third kappa shape index (κ3) is 81.9. The van der Waals surface area contributed by atoms with E-state index in [0.29, 0.717) is 0 Å². The van der Waals surface area contributed by atoms with Crippen molar-refractivity contribution < 1.29 is 20.4 Å². The van der Waals surface area contributed by atoms with E-state index in [9.17, 15) is 0 Å². The Labute approximate surface area is 62.2 Å². The van der Waals surface area contributed by atoms with Crippen LogP contribution in [0.5, 0.6) is 0 Å². The van der Waals surface area contributed by atoms with Gasteiger partial charge in [-0.1, -0.05) is 0 Å². The number of hydrogen-bond donors (Lipinski definition) is 4. The topological polar surface area (TPSA) is 140 Å². The van der Waals surface area contributed by atoms with Crippen molar-refractivity contribution in [3.8, 4) is 0 Å². The molecule has 0 bridgehead atoms. The molecule has 0 aromatic heterocycles. The molecule has 0 fully saturated rings. The summed E-state index contributed by atoms with van der Waals surface area (Å²) in [5, 5.41) is 0. The predicted molar refractivity (Wildman–Crippen MR) is 30.4 cm³/mol. The minimum Gasteiger partial charge on any atom is -0.344 e. The van der Waals surface area contributed by atoms with Crippen molar-refractivity contribution in [1.82, 2.24) is 24.6 Å². The summed E-state index contributed by atoms with van der Waals surface area (Å²) in [7, 11) is 0. The van der Waals surface area contributed by atoms with Crippen molar-refractivity contribution in [1.29, 1.82) is 0 Å². The van der Waals surface area contributed by atoms with Crippen LogP contribution in [0.25, 0.3) is 0 Å². The van der Waals surface area contributed by atoms with E-state index < -0.39 is 0 Å². The molecule has 0 aliphatic rings. The van der Waals surface area contributed by atoms with Gasteiger partial charge < -0.3 is 24.6 Å². The second-order valence-electron chi connectivity index (χ2n) is 0. The van der Waals surface area contributed by atoms with Crippen molar-refractivity contribution >= 4 is 17.0 Å². The summed E-state index contributed by atoms with van der Waals surface area (Å²) in [6, 6.07) is 0. The molecule has 12 N–H and O–H groups in total. The van der Waals surface area contributed by atoms with Gasteiger partial charge in [0.05, 0.1) is 0 Å². The Hall–Kier alpha value is 0.982. The Morgan fingerprint density at radius 1 is 0.500 bits per heavy atom. The van der Waals surface area contributed by atoms with Gasteiger partial charge in [-0.2, -0.15) is 0 Å². The fourth-order valence-electron chi connectivity index (χ4n) is 0. The van der Waals surface area contributed by atoms with Crippen LogP contribution in [-0.2, 0) is 20.4 Å². The maximum absolute atomic E-state index is 0. The molecule has 0 saturated heterocycles.